The van der Waals surface area contributed by atoms with Crippen LogP contribution in [-0.2, 0) is 11.3 Å². The topological polar surface area (TPSA) is 41.4 Å². The Morgan fingerprint density at radius 3 is 2.56 bits per heavy atom. The van der Waals surface area contributed by atoms with Gasteiger partial charge in [-0.05, 0) is 29.7 Å². The Morgan fingerprint density at radius 1 is 0.960 bits per heavy atom. The molecule has 2 aromatic heterocycles. The molecule has 0 atom stereocenters. The van der Waals surface area contributed by atoms with Crippen molar-refractivity contribution >= 4 is 22.6 Å². The number of aromatic nitrogens is 2. The van der Waals surface area contributed by atoms with Gasteiger partial charge in [-0.3, -0.25) is 4.79 Å². The summed E-state index contributed by atoms with van der Waals surface area (Å²) in [6.45, 7) is 3.95. The lowest BCUT2D eigenvalue weighted by Crippen LogP contribution is -2.49. The predicted molar refractivity (Wildman–Crippen MR) is 99.6 cm³/mol. The molecule has 1 amide bonds. The van der Waals surface area contributed by atoms with Gasteiger partial charge in [0.1, 0.15) is 5.82 Å². The molecule has 5 nitrogen and oxygen atoms in total. The third-order valence-corrected chi connectivity index (χ3v) is 4.85. The summed E-state index contributed by atoms with van der Waals surface area (Å²) in [4.78, 5) is 21.2. The van der Waals surface area contributed by atoms with Crippen molar-refractivity contribution in [3.05, 3.63) is 60.9 Å². The van der Waals surface area contributed by atoms with Crippen molar-refractivity contribution in [3.63, 3.8) is 0 Å². The van der Waals surface area contributed by atoms with Crippen LogP contribution in [0.1, 0.15) is 6.42 Å². The lowest BCUT2D eigenvalue weighted by atomic mass is 10.2. The van der Waals surface area contributed by atoms with Crippen LogP contribution in [0.4, 0.5) is 5.82 Å². The van der Waals surface area contributed by atoms with Gasteiger partial charge < -0.3 is 14.4 Å². The summed E-state index contributed by atoms with van der Waals surface area (Å²) in [5.74, 6) is 1.23. The van der Waals surface area contributed by atoms with Gasteiger partial charge in [-0.15, -0.1) is 0 Å². The SMILES string of the molecule is O=C(CCn1ccc2ccccc21)N1CCN(c2ccccn2)CC1. The van der Waals surface area contributed by atoms with Gasteiger partial charge in [0.2, 0.25) is 5.91 Å². The second-order valence-corrected chi connectivity index (χ2v) is 6.37. The van der Waals surface area contributed by atoms with E-state index in [1.165, 1.54) is 10.9 Å². The molecule has 1 saturated heterocycles. The first kappa shape index (κ1) is 15.7. The molecule has 3 aromatic rings. The first-order chi connectivity index (χ1) is 12.3. The summed E-state index contributed by atoms with van der Waals surface area (Å²) >= 11 is 0. The zero-order valence-electron chi connectivity index (χ0n) is 14.2. The van der Waals surface area contributed by atoms with Gasteiger partial charge in [-0.25, -0.2) is 4.98 Å². The van der Waals surface area contributed by atoms with Gasteiger partial charge in [0, 0.05) is 57.1 Å². The molecule has 25 heavy (non-hydrogen) atoms. The maximum atomic E-state index is 12.6. The molecule has 1 aliphatic rings. The first-order valence-corrected chi connectivity index (χ1v) is 8.79. The van der Waals surface area contributed by atoms with E-state index in [1.807, 2.05) is 41.4 Å². The number of fused-ring (bicyclic) bond motifs is 1. The quantitative estimate of drug-likeness (QED) is 0.737. The molecule has 128 valence electrons. The fourth-order valence-corrected chi connectivity index (χ4v) is 3.44. The van der Waals surface area contributed by atoms with Crippen molar-refractivity contribution < 1.29 is 4.79 Å². The molecular weight excluding hydrogens is 312 g/mol. The van der Waals surface area contributed by atoms with Crippen LogP contribution in [0.15, 0.2) is 60.9 Å². The molecule has 1 fully saturated rings. The average Bonchev–Trinajstić information content (AvgIpc) is 3.10. The van der Waals surface area contributed by atoms with Gasteiger partial charge in [0.05, 0.1) is 0 Å². The number of carbonyl (C=O) groups is 1. The molecule has 0 spiro atoms. The van der Waals surface area contributed by atoms with E-state index in [2.05, 4.69) is 38.8 Å². The van der Waals surface area contributed by atoms with Crippen molar-refractivity contribution in [2.24, 2.45) is 0 Å². The summed E-state index contributed by atoms with van der Waals surface area (Å²) in [7, 11) is 0. The Kier molecular flexibility index (Phi) is 4.37. The van der Waals surface area contributed by atoms with E-state index in [-0.39, 0.29) is 5.91 Å². The number of rotatable bonds is 4. The molecule has 4 rings (SSSR count). The minimum absolute atomic E-state index is 0.235. The number of pyridine rings is 1. The van der Waals surface area contributed by atoms with Crippen molar-refractivity contribution in [3.8, 4) is 0 Å². The number of benzene rings is 1. The Balaban J connectivity index is 1.32. The maximum Gasteiger partial charge on any atom is 0.224 e. The Morgan fingerprint density at radius 2 is 1.76 bits per heavy atom. The normalized spacial score (nSPS) is 14.9. The van der Waals surface area contributed by atoms with Gasteiger partial charge in [0.15, 0.2) is 0 Å². The Bertz CT molecular complexity index is 850. The standard InChI is InChI=1S/C20H22N4O/c25-20(9-12-22-11-8-17-5-1-2-6-18(17)22)24-15-13-23(14-16-24)19-7-3-4-10-21-19/h1-8,10-11H,9,12-16H2. The van der Waals surface area contributed by atoms with Gasteiger partial charge in [-0.1, -0.05) is 24.3 Å². The first-order valence-electron chi connectivity index (χ1n) is 8.79. The van der Waals surface area contributed by atoms with Crippen LogP contribution in [0.5, 0.6) is 0 Å². The predicted octanol–water partition coefficient (Wildman–Crippen LogP) is 2.78. The summed E-state index contributed by atoms with van der Waals surface area (Å²) in [6, 6.07) is 16.3. The highest BCUT2D eigenvalue weighted by Gasteiger charge is 2.21. The zero-order valence-corrected chi connectivity index (χ0v) is 14.2. The highest BCUT2D eigenvalue weighted by atomic mass is 16.2. The van der Waals surface area contributed by atoms with Gasteiger partial charge in [-0.2, -0.15) is 0 Å². The number of piperazine rings is 1. The molecule has 1 aliphatic heterocycles. The highest BCUT2D eigenvalue weighted by Crippen LogP contribution is 2.16. The second-order valence-electron chi connectivity index (χ2n) is 6.37. The van der Waals surface area contributed by atoms with E-state index in [0.29, 0.717) is 6.42 Å². The lowest BCUT2D eigenvalue weighted by Gasteiger charge is -2.35. The largest absolute Gasteiger partial charge is 0.353 e. The van der Waals surface area contributed by atoms with Crippen LogP contribution in [0.2, 0.25) is 0 Å². The van der Waals surface area contributed by atoms with Crippen LogP contribution >= 0.6 is 0 Å². The minimum Gasteiger partial charge on any atom is -0.353 e. The number of aryl methyl sites for hydroxylation is 1. The number of anilines is 1. The van der Waals surface area contributed by atoms with Crippen molar-refractivity contribution in [2.75, 3.05) is 31.1 Å². The van der Waals surface area contributed by atoms with Crippen LogP contribution in [-0.4, -0.2) is 46.5 Å². The molecule has 0 unspecified atom stereocenters. The van der Waals surface area contributed by atoms with Crippen molar-refractivity contribution in [1.29, 1.82) is 0 Å². The van der Waals surface area contributed by atoms with Crippen LogP contribution in [0.25, 0.3) is 10.9 Å². The monoisotopic (exact) mass is 334 g/mol. The number of hydrogen-bond acceptors (Lipinski definition) is 3. The summed E-state index contributed by atoms with van der Waals surface area (Å²) in [5.41, 5.74) is 1.19. The van der Waals surface area contributed by atoms with Crippen LogP contribution < -0.4 is 4.90 Å². The number of hydrogen-bond donors (Lipinski definition) is 0. The third kappa shape index (κ3) is 3.36. The minimum atomic E-state index is 0.235. The maximum absolute atomic E-state index is 12.6. The molecule has 0 radical (unpaired) electrons. The van der Waals surface area contributed by atoms with E-state index in [0.717, 1.165) is 38.5 Å². The molecule has 0 saturated carbocycles. The van der Waals surface area contributed by atoms with Gasteiger partial charge in [0.25, 0.3) is 0 Å². The fraction of sp³-hybridized carbons (Fsp3) is 0.300. The van der Waals surface area contributed by atoms with E-state index in [1.54, 1.807) is 0 Å². The second kappa shape index (κ2) is 6.97. The van der Waals surface area contributed by atoms with E-state index < -0.39 is 0 Å². The van der Waals surface area contributed by atoms with E-state index in [9.17, 15) is 4.79 Å². The van der Waals surface area contributed by atoms with Gasteiger partial charge >= 0.3 is 0 Å². The molecule has 1 aromatic carbocycles. The highest BCUT2D eigenvalue weighted by molar-refractivity contribution is 5.80. The molecule has 5 heteroatoms. The summed E-state index contributed by atoms with van der Waals surface area (Å²) in [5, 5.41) is 1.22. The number of para-hydroxylation sites is 1. The molecule has 0 N–H and O–H groups in total. The Labute approximate surface area is 147 Å². The molecule has 3 heterocycles. The zero-order chi connectivity index (χ0) is 17.1. The average molecular weight is 334 g/mol. The molecular formula is C20H22N4O. The smallest absolute Gasteiger partial charge is 0.224 e. The number of nitrogens with zero attached hydrogens (tertiary/aromatic N) is 4. The van der Waals surface area contributed by atoms with Crippen molar-refractivity contribution in [2.45, 2.75) is 13.0 Å². The summed E-state index contributed by atoms with van der Waals surface area (Å²) < 4.78 is 2.16. The summed E-state index contributed by atoms with van der Waals surface area (Å²) in [6.07, 6.45) is 4.42. The fourth-order valence-electron chi connectivity index (χ4n) is 3.44. The number of carbonyl (C=O) groups excluding carboxylic acids is 1. The molecule has 0 bridgehead atoms. The Hall–Kier alpha value is -2.82. The third-order valence-electron chi connectivity index (χ3n) is 4.85. The molecule has 0 aliphatic carbocycles. The lowest BCUT2D eigenvalue weighted by molar-refractivity contribution is -0.131. The number of amides is 1. The van der Waals surface area contributed by atoms with E-state index in [4.69, 9.17) is 0 Å². The van der Waals surface area contributed by atoms with Crippen LogP contribution in [0, 0.1) is 0 Å². The van der Waals surface area contributed by atoms with Crippen LogP contribution in [0.3, 0.4) is 0 Å². The van der Waals surface area contributed by atoms with E-state index >= 15 is 0 Å². The van der Waals surface area contributed by atoms with Crippen molar-refractivity contribution in [1.82, 2.24) is 14.5 Å².